The van der Waals surface area contributed by atoms with Crippen LogP contribution in [-0.2, 0) is 11.2 Å². The Balaban J connectivity index is 1.72. The van der Waals surface area contributed by atoms with E-state index in [0.29, 0.717) is 11.2 Å². The molecule has 0 radical (unpaired) electrons. The van der Waals surface area contributed by atoms with Gasteiger partial charge in [0.05, 0.1) is 0 Å². The molecule has 0 amide bonds. The van der Waals surface area contributed by atoms with E-state index in [0.717, 1.165) is 18.2 Å². The highest BCUT2D eigenvalue weighted by Crippen LogP contribution is 2.27. The van der Waals surface area contributed by atoms with Gasteiger partial charge in [0.15, 0.2) is 0 Å². The van der Waals surface area contributed by atoms with Crippen molar-refractivity contribution in [2.75, 3.05) is 13.0 Å². The topological polar surface area (TPSA) is 48.2 Å². The lowest BCUT2D eigenvalue weighted by Gasteiger charge is -2.20. The molecule has 0 aliphatic heterocycles. The molecular formula is C12H20N2O2S. The first-order valence-electron chi connectivity index (χ1n) is 6.32. The van der Waals surface area contributed by atoms with Crippen LogP contribution < -0.4 is 0 Å². The average Bonchev–Trinajstić information content (AvgIpc) is 2.83. The van der Waals surface area contributed by atoms with E-state index in [2.05, 4.69) is 10.2 Å². The molecule has 1 aromatic heterocycles. The van der Waals surface area contributed by atoms with Gasteiger partial charge in [-0.2, -0.15) is 0 Å². The lowest BCUT2D eigenvalue weighted by molar-refractivity contribution is 0.257. The molecule has 0 atom stereocenters. The van der Waals surface area contributed by atoms with Gasteiger partial charge in [0.25, 0.3) is 5.22 Å². The van der Waals surface area contributed by atoms with Gasteiger partial charge >= 0.3 is 0 Å². The largest absolute Gasteiger partial charge is 0.416 e. The molecule has 1 aliphatic carbocycles. The van der Waals surface area contributed by atoms with E-state index >= 15 is 0 Å². The third-order valence-corrected chi connectivity index (χ3v) is 4.01. The first-order valence-corrected chi connectivity index (χ1v) is 7.31. The monoisotopic (exact) mass is 256 g/mol. The first kappa shape index (κ1) is 12.9. The average molecular weight is 256 g/mol. The first-order chi connectivity index (χ1) is 8.38. The molecule has 2 rings (SSSR count). The molecule has 96 valence electrons. The van der Waals surface area contributed by atoms with Crippen LogP contribution in [0, 0.1) is 5.92 Å². The van der Waals surface area contributed by atoms with Crippen LogP contribution in [0.3, 0.4) is 0 Å². The maximum Gasteiger partial charge on any atom is 0.278 e. The minimum Gasteiger partial charge on any atom is -0.416 e. The molecule has 1 aliphatic rings. The molecule has 0 spiro atoms. The minimum atomic E-state index is 0.560. The SMILES string of the molecule is COCSc1nnc(CCC2CCCCC2)o1. The number of aryl methyl sites for hydroxylation is 1. The maximum absolute atomic E-state index is 5.54. The van der Waals surface area contributed by atoms with Crippen LogP contribution in [0.1, 0.15) is 44.4 Å². The van der Waals surface area contributed by atoms with Gasteiger partial charge in [-0.3, -0.25) is 0 Å². The Labute approximate surface area is 107 Å². The van der Waals surface area contributed by atoms with Crippen LogP contribution in [0.5, 0.6) is 0 Å². The Morgan fingerprint density at radius 2 is 2.12 bits per heavy atom. The molecule has 4 nitrogen and oxygen atoms in total. The lowest BCUT2D eigenvalue weighted by atomic mass is 9.86. The third kappa shape index (κ3) is 4.32. The molecule has 1 fully saturated rings. The lowest BCUT2D eigenvalue weighted by Crippen LogP contribution is -2.07. The normalized spacial score (nSPS) is 17.5. The molecule has 5 heteroatoms. The minimum absolute atomic E-state index is 0.560. The molecule has 0 aromatic carbocycles. The van der Waals surface area contributed by atoms with E-state index < -0.39 is 0 Å². The fourth-order valence-electron chi connectivity index (χ4n) is 2.31. The molecule has 0 saturated heterocycles. The Hall–Kier alpha value is -0.550. The van der Waals surface area contributed by atoms with E-state index in [-0.39, 0.29) is 0 Å². The quantitative estimate of drug-likeness (QED) is 0.577. The van der Waals surface area contributed by atoms with Gasteiger partial charge in [0, 0.05) is 13.5 Å². The highest BCUT2D eigenvalue weighted by Gasteiger charge is 2.15. The number of methoxy groups -OCH3 is 1. The van der Waals surface area contributed by atoms with Crippen molar-refractivity contribution in [2.45, 2.75) is 50.2 Å². The van der Waals surface area contributed by atoms with Crippen molar-refractivity contribution >= 4 is 11.8 Å². The van der Waals surface area contributed by atoms with Crippen LogP contribution in [0.25, 0.3) is 0 Å². The van der Waals surface area contributed by atoms with Crippen LogP contribution in [0.2, 0.25) is 0 Å². The molecule has 0 bridgehead atoms. The Bertz CT molecular complexity index is 324. The van der Waals surface area contributed by atoms with Crippen molar-refractivity contribution < 1.29 is 9.15 Å². The predicted molar refractivity (Wildman–Crippen MR) is 66.9 cm³/mol. The summed E-state index contributed by atoms with van der Waals surface area (Å²) < 4.78 is 10.5. The summed E-state index contributed by atoms with van der Waals surface area (Å²) in [5.41, 5.74) is 0. The number of hydrogen-bond acceptors (Lipinski definition) is 5. The van der Waals surface area contributed by atoms with Crippen molar-refractivity contribution in [3.05, 3.63) is 5.89 Å². The van der Waals surface area contributed by atoms with Crippen LogP contribution in [0.15, 0.2) is 9.64 Å². The van der Waals surface area contributed by atoms with Crippen LogP contribution in [0.4, 0.5) is 0 Å². The second-order valence-electron chi connectivity index (χ2n) is 4.56. The fourth-order valence-corrected chi connectivity index (χ4v) is 2.78. The van der Waals surface area contributed by atoms with E-state index in [1.54, 1.807) is 7.11 Å². The number of ether oxygens (including phenoxy) is 1. The molecule has 0 N–H and O–H groups in total. The summed E-state index contributed by atoms with van der Waals surface area (Å²) in [5, 5.41) is 8.66. The van der Waals surface area contributed by atoms with Gasteiger partial charge in [-0.25, -0.2) is 0 Å². The van der Waals surface area contributed by atoms with E-state index in [4.69, 9.17) is 9.15 Å². The maximum atomic E-state index is 5.54. The molecular weight excluding hydrogens is 236 g/mol. The summed E-state index contributed by atoms with van der Waals surface area (Å²) in [5.74, 6) is 2.20. The van der Waals surface area contributed by atoms with Crippen molar-refractivity contribution in [1.29, 1.82) is 0 Å². The molecule has 1 heterocycles. The molecule has 0 unspecified atom stereocenters. The van der Waals surface area contributed by atoms with E-state index in [9.17, 15) is 0 Å². The van der Waals surface area contributed by atoms with Crippen LogP contribution >= 0.6 is 11.8 Å². The van der Waals surface area contributed by atoms with Gasteiger partial charge in [0.2, 0.25) is 5.89 Å². The van der Waals surface area contributed by atoms with Gasteiger partial charge in [0.1, 0.15) is 5.94 Å². The summed E-state index contributed by atoms with van der Waals surface area (Å²) in [7, 11) is 1.66. The summed E-state index contributed by atoms with van der Waals surface area (Å²) >= 11 is 1.44. The molecule has 1 saturated carbocycles. The van der Waals surface area contributed by atoms with Crippen LogP contribution in [-0.4, -0.2) is 23.2 Å². The standard InChI is InChI=1S/C12H20N2O2S/c1-15-9-17-12-14-13-11(16-12)8-7-10-5-3-2-4-6-10/h10H,2-9H2,1H3. The summed E-state index contributed by atoms with van der Waals surface area (Å²) in [6.07, 6.45) is 9.06. The van der Waals surface area contributed by atoms with Crippen molar-refractivity contribution in [3.63, 3.8) is 0 Å². The summed E-state index contributed by atoms with van der Waals surface area (Å²) in [6, 6.07) is 0. The predicted octanol–water partition coefficient (Wildman–Crippen LogP) is 3.28. The zero-order chi connectivity index (χ0) is 11.9. The zero-order valence-electron chi connectivity index (χ0n) is 10.4. The van der Waals surface area contributed by atoms with Gasteiger partial charge in [-0.1, -0.05) is 32.1 Å². The van der Waals surface area contributed by atoms with Gasteiger partial charge in [-0.15, -0.1) is 10.2 Å². The number of nitrogens with zero attached hydrogens (tertiary/aromatic N) is 2. The molecule has 17 heavy (non-hydrogen) atoms. The third-order valence-electron chi connectivity index (χ3n) is 3.24. The summed E-state index contributed by atoms with van der Waals surface area (Å²) in [4.78, 5) is 0. The number of hydrogen-bond donors (Lipinski definition) is 0. The highest BCUT2D eigenvalue weighted by molar-refractivity contribution is 7.98. The second-order valence-corrected chi connectivity index (χ2v) is 5.43. The number of aromatic nitrogens is 2. The Morgan fingerprint density at radius 1 is 1.29 bits per heavy atom. The molecule has 1 aromatic rings. The fraction of sp³-hybridized carbons (Fsp3) is 0.833. The smallest absolute Gasteiger partial charge is 0.278 e. The Kier molecular flexibility index (Phi) is 5.32. The van der Waals surface area contributed by atoms with E-state index in [1.165, 1.54) is 50.3 Å². The summed E-state index contributed by atoms with van der Waals surface area (Å²) in [6.45, 7) is 0. The zero-order valence-corrected chi connectivity index (χ0v) is 11.2. The van der Waals surface area contributed by atoms with Gasteiger partial charge in [-0.05, 0) is 24.1 Å². The van der Waals surface area contributed by atoms with Gasteiger partial charge < -0.3 is 9.15 Å². The second kappa shape index (κ2) is 7.01. The van der Waals surface area contributed by atoms with Crippen molar-refractivity contribution in [2.24, 2.45) is 5.92 Å². The van der Waals surface area contributed by atoms with E-state index in [1.807, 2.05) is 0 Å². The number of rotatable bonds is 6. The highest BCUT2D eigenvalue weighted by atomic mass is 32.2. The Morgan fingerprint density at radius 3 is 2.88 bits per heavy atom. The van der Waals surface area contributed by atoms with Crippen molar-refractivity contribution in [1.82, 2.24) is 10.2 Å². The number of thioether (sulfide) groups is 1. The van der Waals surface area contributed by atoms with Crippen molar-refractivity contribution in [3.8, 4) is 0 Å².